The molecule has 0 bridgehead atoms. The van der Waals surface area contributed by atoms with E-state index in [0.29, 0.717) is 17.5 Å². The van der Waals surface area contributed by atoms with Gasteiger partial charge in [-0.2, -0.15) is 0 Å². The standard InChI is InChI=1S/C45H28N4O2/c1-2-11-29(12-3-1)49-36-17-7-4-13-30(36)35-25-27(22-24-37(35)49)43-46-44(28-21-23-32-31-14-5-8-18-38(31)51-41(32)26-28)48-45(47-43)34-16-10-20-40-42(34)33-15-6-9-19-39(33)50-40/h1-20,22-26,28H,21H2. The zero-order valence-corrected chi connectivity index (χ0v) is 27.3. The topological polar surface area (TPSA) is 69.9 Å². The first kappa shape index (κ1) is 28.1. The zero-order chi connectivity index (χ0) is 33.5. The molecule has 4 heterocycles. The molecule has 1 unspecified atom stereocenters. The maximum absolute atomic E-state index is 6.32. The Kier molecular flexibility index (Phi) is 5.98. The summed E-state index contributed by atoms with van der Waals surface area (Å²) in [5.41, 5.74) is 8.62. The van der Waals surface area contributed by atoms with Crippen molar-refractivity contribution in [3.8, 4) is 28.5 Å². The summed E-state index contributed by atoms with van der Waals surface area (Å²) in [7, 11) is 0. The average molecular weight is 657 g/mol. The Hall–Kier alpha value is -6.79. The van der Waals surface area contributed by atoms with Crippen molar-refractivity contribution >= 4 is 66.9 Å². The second-order valence-electron chi connectivity index (χ2n) is 13.1. The lowest BCUT2D eigenvalue weighted by atomic mass is 9.98. The van der Waals surface area contributed by atoms with Gasteiger partial charge in [-0.15, -0.1) is 0 Å². The van der Waals surface area contributed by atoms with Crippen molar-refractivity contribution in [3.05, 3.63) is 156 Å². The van der Waals surface area contributed by atoms with E-state index in [1.54, 1.807) is 0 Å². The third kappa shape index (κ3) is 4.33. The molecule has 0 spiro atoms. The van der Waals surface area contributed by atoms with E-state index in [0.717, 1.165) is 83.2 Å². The molecule has 1 aliphatic carbocycles. The fraction of sp³-hybridized carbons (Fsp3) is 0.0444. The van der Waals surface area contributed by atoms with Gasteiger partial charge in [-0.1, -0.05) is 91.0 Å². The molecule has 10 aromatic rings. The third-order valence-electron chi connectivity index (χ3n) is 10.2. The number of para-hydroxylation sites is 4. The Balaban J connectivity index is 1.15. The quantitative estimate of drug-likeness (QED) is 0.189. The molecule has 6 nitrogen and oxygen atoms in total. The van der Waals surface area contributed by atoms with E-state index in [-0.39, 0.29) is 5.92 Å². The van der Waals surface area contributed by atoms with Crippen LogP contribution in [0.4, 0.5) is 0 Å². The number of rotatable bonds is 4. The van der Waals surface area contributed by atoms with Crippen molar-refractivity contribution < 1.29 is 8.83 Å². The van der Waals surface area contributed by atoms with E-state index in [1.807, 2.05) is 42.5 Å². The number of aromatic nitrogens is 4. The van der Waals surface area contributed by atoms with E-state index in [1.165, 1.54) is 5.39 Å². The summed E-state index contributed by atoms with van der Waals surface area (Å²) < 4.78 is 14.9. The molecule has 0 fully saturated rings. The van der Waals surface area contributed by atoms with Gasteiger partial charge in [0.05, 0.1) is 11.0 Å². The molecule has 6 aromatic carbocycles. The fourth-order valence-electron chi connectivity index (χ4n) is 7.83. The van der Waals surface area contributed by atoms with Crippen molar-refractivity contribution in [2.24, 2.45) is 0 Å². The lowest BCUT2D eigenvalue weighted by Gasteiger charge is -2.14. The lowest BCUT2D eigenvalue weighted by molar-refractivity contribution is 0.568. The Labute approximate surface area is 291 Å². The highest BCUT2D eigenvalue weighted by Gasteiger charge is 2.23. The van der Waals surface area contributed by atoms with Crippen LogP contribution in [0.2, 0.25) is 0 Å². The summed E-state index contributed by atoms with van der Waals surface area (Å²) >= 11 is 0. The van der Waals surface area contributed by atoms with Gasteiger partial charge in [0.1, 0.15) is 28.0 Å². The van der Waals surface area contributed by atoms with E-state index in [9.17, 15) is 0 Å². The molecule has 240 valence electrons. The predicted molar refractivity (Wildman–Crippen MR) is 204 cm³/mol. The molecule has 0 radical (unpaired) electrons. The molecule has 1 aliphatic rings. The summed E-state index contributed by atoms with van der Waals surface area (Å²) in [6.45, 7) is 0. The van der Waals surface area contributed by atoms with Crippen molar-refractivity contribution in [3.63, 3.8) is 0 Å². The summed E-state index contributed by atoms with van der Waals surface area (Å²) in [5.74, 6) is 1.85. The van der Waals surface area contributed by atoms with Crippen LogP contribution in [0.1, 0.15) is 18.2 Å². The SMILES string of the molecule is C1=c2oc3ccccc3c2=CCC1c1nc(-c2ccc3c(c2)c2ccccc2n3-c2ccccc2)nc(-c2cccc3oc4ccccc4c23)n1. The summed E-state index contributed by atoms with van der Waals surface area (Å²) in [6.07, 6.45) is 5.17. The monoisotopic (exact) mass is 656 g/mol. The molecule has 0 saturated carbocycles. The first-order valence-corrected chi connectivity index (χ1v) is 17.2. The molecule has 6 heteroatoms. The number of nitrogens with zero attached hydrogens (tertiary/aromatic N) is 4. The minimum atomic E-state index is -0.0948. The van der Waals surface area contributed by atoms with E-state index in [2.05, 4.69) is 114 Å². The van der Waals surface area contributed by atoms with Crippen LogP contribution >= 0.6 is 0 Å². The van der Waals surface area contributed by atoms with Gasteiger partial charge >= 0.3 is 0 Å². The number of hydrogen-bond acceptors (Lipinski definition) is 5. The molecule has 0 aliphatic heterocycles. The highest BCUT2D eigenvalue weighted by Crippen LogP contribution is 2.38. The Morgan fingerprint density at radius 1 is 0.549 bits per heavy atom. The molecule has 1 atom stereocenters. The summed E-state index contributed by atoms with van der Waals surface area (Å²) in [6, 6.07) is 48.0. The van der Waals surface area contributed by atoms with Crippen molar-refractivity contribution in [1.29, 1.82) is 0 Å². The molecule has 11 rings (SSSR count). The number of benzene rings is 6. The fourth-order valence-corrected chi connectivity index (χ4v) is 7.83. The highest BCUT2D eigenvalue weighted by molar-refractivity contribution is 6.12. The Morgan fingerprint density at radius 3 is 2.14 bits per heavy atom. The Morgan fingerprint density at radius 2 is 1.25 bits per heavy atom. The first-order valence-electron chi connectivity index (χ1n) is 17.2. The van der Waals surface area contributed by atoms with Crippen molar-refractivity contribution in [2.45, 2.75) is 12.3 Å². The summed E-state index contributed by atoms with van der Waals surface area (Å²) in [4.78, 5) is 15.6. The first-order chi connectivity index (χ1) is 25.3. The Bertz CT molecular complexity index is 3130. The van der Waals surface area contributed by atoms with Crippen molar-refractivity contribution in [2.75, 3.05) is 0 Å². The van der Waals surface area contributed by atoms with Crippen LogP contribution in [0.15, 0.2) is 148 Å². The number of fused-ring (bicyclic) bond motifs is 9. The van der Waals surface area contributed by atoms with Gasteiger partial charge in [-0.05, 0) is 67.1 Å². The van der Waals surface area contributed by atoms with Gasteiger partial charge in [0, 0.05) is 54.9 Å². The predicted octanol–water partition coefficient (Wildman–Crippen LogP) is 9.70. The van der Waals surface area contributed by atoms with Crippen LogP contribution in [-0.2, 0) is 0 Å². The van der Waals surface area contributed by atoms with Gasteiger partial charge in [-0.25, -0.2) is 15.0 Å². The summed E-state index contributed by atoms with van der Waals surface area (Å²) in [5, 5.41) is 6.60. The second-order valence-corrected chi connectivity index (χ2v) is 13.1. The molecule has 0 N–H and O–H groups in total. The van der Waals surface area contributed by atoms with Crippen LogP contribution in [0.3, 0.4) is 0 Å². The smallest absolute Gasteiger partial charge is 0.164 e. The van der Waals surface area contributed by atoms with Gasteiger partial charge < -0.3 is 13.4 Å². The van der Waals surface area contributed by atoms with Crippen LogP contribution in [-0.4, -0.2) is 19.5 Å². The lowest BCUT2D eigenvalue weighted by Crippen LogP contribution is -2.25. The molecule has 0 amide bonds. The van der Waals surface area contributed by atoms with E-state index >= 15 is 0 Å². The number of furan rings is 2. The molecular weight excluding hydrogens is 629 g/mol. The highest BCUT2D eigenvalue weighted by atomic mass is 16.3. The van der Waals surface area contributed by atoms with Crippen LogP contribution < -0.4 is 10.6 Å². The maximum Gasteiger partial charge on any atom is 0.164 e. The van der Waals surface area contributed by atoms with Gasteiger partial charge in [0.25, 0.3) is 0 Å². The third-order valence-corrected chi connectivity index (χ3v) is 10.2. The second kappa shape index (κ2) is 10.9. The van der Waals surface area contributed by atoms with Gasteiger partial charge in [0.2, 0.25) is 0 Å². The largest absolute Gasteiger partial charge is 0.456 e. The average Bonchev–Trinajstić information content (AvgIpc) is 3.87. The van der Waals surface area contributed by atoms with Crippen LogP contribution in [0.5, 0.6) is 0 Å². The molecule has 51 heavy (non-hydrogen) atoms. The number of hydrogen-bond donors (Lipinski definition) is 0. The molecule has 4 aromatic heterocycles. The van der Waals surface area contributed by atoms with Crippen molar-refractivity contribution in [1.82, 2.24) is 19.5 Å². The van der Waals surface area contributed by atoms with E-state index < -0.39 is 0 Å². The van der Waals surface area contributed by atoms with E-state index in [4.69, 9.17) is 23.8 Å². The van der Waals surface area contributed by atoms with Gasteiger partial charge in [-0.3, -0.25) is 0 Å². The molecule has 0 saturated heterocycles. The zero-order valence-electron chi connectivity index (χ0n) is 27.3. The van der Waals surface area contributed by atoms with Crippen LogP contribution in [0.25, 0.3) is 95.3 Å². The molecular formula is C45H28N4O2. The minimum absolute atomic E-state index is 0.0948. The van der Waals surface area contributed by atoms with Crippen LogP contribution in [0, 0.1) is 0 Å². The van der Waals surface area contributed by atoms with Gasteiger partial charge in [0.15, 0.2) is 11.6 Å². The normalized spacial score (nSPS) is 14.3. The minimum Gasteiger partial charge on any atom is -0.456 e. The maximum atomic E-state index is 6.32.